The van der Waals surface area contributed by atoms with Crippen molar-refractivity contribution >= 4 is 11.6 Å². The van der Waals surface area contributed by atoms with E-state index >= 15 is 0 Å². The number of nitrogens with zero attached hydrogens (tertiary/aromatic N) is 2. The Morgan fingerprint density at radius 2 is 2.00 bits per heavy atom. The van der Waals surface area contributed by atoms with Crippen LogP contribution >= 0.6 is 0 Å². The van der Waals surface area contributed by atoms with Gasteiger partial charge in [0.05, 0.1) is 6.54 Å². The van der Waals surface area contributed by atoms with Gasteiger partial charge in [-0.15, -0.1) is 6.42 Å². The number of hydrogen-bond acceptors (Lipinski definition) is 2. The van der Waals surface area contributed by atoms with Gasteiger partial charge >= 0.3 is 0 Å². The normalized spacial score (nSPS) is 10.8. The van der Waals surface area contributed by atoms with Crippen LogP contribution in [0.25, 0.3) is 0 Å². The van der Waals surface area contributed by atoms with Crippen molar-refractivity contribution in [2.45, 2.75) is 20.3 Å². The highest BCUT2D eigenvalue weighted by Crippen LogP contribution is 2.12. The predicted octanol–water partition coefficient (Wildman–Crippen LogP) is 2.09. The lowest BCUT2D eigenvalue weighted by Gasteiger charge is -2.22. The monoisotopic (exact) mass is 286 g/mol. The summed E-state index contributed by atoms with van der Waals surface area (Å²) < 4.78 is 0. The molecule has 0 aliphatic rings. The lowest BCUT2D eigenvalue weighted by Crippen LogP contribution is -2.37. The largest absolute Gasteiger partial charge is 0.372 e. The van der Waals surface area contributed by atoms with Crippen molar-refractivity contribution in [3.8, 4) is 12.3 Å². The molecule has 0 saturated carbocycles. The molecule has 0 bridgehead atoms. The number of para-hydroxylation sites is 1. The minimum Gasteiger partial charge on any atom is -0.372 e. The van der Waals surface area contributed by atoms with E-state index in [0.29, 0.717) is 6.54 Å². The Morgan fingerprint density at radius 3 is 2.62 bits per heavy atom. The second-order valence-corrected chi connectivity index (χ2v) is 4.59. The van der Waals surface area contributed by atoms with Gasteiger partial charge in [0.2, 0.25) is 0 Å². The molecule has 0 aliphatic carbocycles. The molecule has 0 amide bonds. The Morgan fingerprint density at radius 1 is 1.24 bits per heavy atom. The molecule has 4 nitrogen and oxygen atoms in total. The van der Waals surface area contributed by atoms with Gasteiger partial charge in [0, 0.05) is 31.9 Å². The standard InChI is InChI=1S/C17H26N4/c1-4-13-19-17(18-5-2)20-14-10-15-21(6-3)16-11-8-7-9-12-16/h1,7-9,11-12H,5-6,10,13-15H2,2-3H3,(H2,18,19,20). The zero-order valence-corrected chi connectivity index (χ0v) is 13.1. The first-order chi connectivity index (χ1) is 10.3. The fraction of sp³-hybridized carbons (Fsp3) is 0.471. The average Bonchev–Trinajstić information content (AvgIpc) is 2.53. The SMILES string of the molecule is C#CCNC(=NCCCN(CC)c1ccccc1)NCC. The second-order valence-electron chi connectivity index (χ2n) is 4.59. The van der Waals surface area contributed by atoms with E-state index in [1.165, 1.54) is 5.69 Å². The molecule has 0 aromatic heterocycles. The van der Waals surface area contributed by atoms with E-state index in [1.807, 2.05) is 13.0 Å². The summed E-state index contributed by atoms with van der Waals surface area (Å²) in [6.07, 6.45) is 6.26. The van der Waals surface area contributed by atoms with Crippen LogP contribution in [0, 0.1) is 12.3 Å². The second kappa shape index (κ2) is 10.6. The summed E-state index contributed by atoms with van der Waals surface area (Å²) in [5, 5.41) is 6.27. The molecule has 4 heteroatoms. The lowest BCUT2D eigenvalue weighted by molar-refractivity contribution is 0.747. The molecular formula is C17H26N4. The molecule has 0 unspecified atom stereocenters. The minimum absolute atomic E-state index is 0.497. The fourth-order valence-electron chi connectivity index (χ4n) is 2.04. The third-order valence-electron chi connectivity index (χ3n) is 3.06. The molecule has 0 aliphatic heterocycles. The number of nitrogens with one attached hydrogen (secondary N) is 2. The quantitative estimate of drug-likeness (QED) is 0.333. The molecular weight excluding hydrogens is 260 g/mol. The van der Waals surface area contributed by atoms with Crippen LogP contribution in [-0.4, -0.2) is 38.7 Å². The zero-order valence-electron chi connectivity index (χ0n) is 13.1. The van der Waals surface area contributed by atoms with E-state index in [1.54, 1.807) is 0 Å². The molecule has 0 heterocycles. The van der Waals surface area contributed by atoms with Crippen molar-refractivity contribution < 1.29 is 0 Å². The minimum atomic E-state index is 0.497. The predicted molar refractivity (Wildman–Crippen MR) is 91.8 cm³/mol. The number of rotatable bonds is 8. The Balaban J connectivity index is 2.41. The molecule has 0 spiro atoms. The number of anilines is 1. The van der Waals surface area contributed by atoms with Gasteiger partial charge in [0.25, 0.3) is 0 Å². The Bertz CT molecular complexity index is 448. The summed E-state index contributed by atoms with van der Waals surface area (Å²) in [4.78, 5) is 6.88. The lowest BCUT2D eigenvalue weighted by atomic mass is 10.2. The Labute approximate surface area is 128 Å². The van der Waals surface area contributed by atoms with Crippen molar-refractivity contribution in [2.75, 3.05) is 37.6 Å². The van der Waals surface area contributed by atoms with E-state index < -0.39 is 0 Å². The summed E-state index contributed by atoms with van der Waals surface area (Å²) in [7, 11) is 0. The highest BCUT2D eigenvalue weighted by molar-refractivity contribution is 5.79. The van der Waals surface area contributed by atoms with E-state index in [9.17, 15) is 0 Å². The third kappa shape index (κ3) is 6.71. The van der Waals surface area contributed by atoms with Crippen LogP contribution in [0.3, 0.4) is 0 Å². The van der Waals surface area contributed by atoms with Gasteiger partial charge in [0.1, 0.15) is 0 Å². The van der Waals surface area contributed by atoms with Crippen molar-refractivity contribution in [1.29, 1.82) is 0 Å². The average molecular weight is 286 g/mol. The molecule has 0 saturated heterocycles. The van der Waals surface area contributed by atoms with Crippen LogP contribution in [-0.2, 0) is 0 Å². The van der Waals surface area contributed by atoms with Gasteiger partial charge in [-0.2, -0.15) is 0 Å². The van der Waals surface area contributed by atoms with E-state index in [2.05, 4.69) is 57.6 Å². The van der Waals surface area contributed by atoms with Gasteiger partial charge in [-0.3, -0.25) is 4.99 Å². The number of hydrogen-bond donors (Lipinski definition) is 2. The maximum absolute atomic E-state index is 5.25. The molecule has 1 rings (SSSR count). The Hall–Kier alpha value is -2.15. The molecule has 0 atom stereocenters. The molecule has 0 radical (unpaired) electrons. The first-order valence-corrected chi connectivity index (χ1v) is 7.57. The van der Waals surface area contributed by atoms with Crippen LogP contribution in [0.2, 0.25) is 0 Å². The van der Waals surface area contributed by atoms with Crippen LogP contribution in [0.5, 0.6) is 0 Å². The van der Waals surface area contributed by atoms with Gasteiger partial charge < -0.3 is 15.5 Å². The summed E-state index contributed by atoms with van der Waals surface area (Å²) in [6, 6.07) is 10.5. The van der Waals surface area contributed by atoms with Gasteiger partial charge in [-0.05, 0) is 32.4 Å². The molecule has 2 N–H and O–H groups in total. The maximum Gasteiger partial charge on any atom is 0.192 e. The van der Waals surface area contributed by atoms with Crippen LogP contribution in [0.1, 0.15) is 20.3 Å². The smallest absolute Gasteiger partial charge is 0.192 e. The first kappa shape index (κ1) is 16.9. The highest BCUT2D eigenvalue weighted by Gasteiger charge is 2.02. The molecule has 114 valence electrons. The van der Waals surface area contributed by atoms with Crippen LogP contribution < -0.4 is 15.5 Å². The first-order valence-electron chi connectivity index (χ1n) is 7.57. The maximum atomic E-state index is 5.25. The van der Waals surface area contributed by atoms with Crippen molar-refractivity contribution in [2.24, 2.45) is 4.99 Å². The summed E-state index contributed by atoms with van der Waals surface area (Å²) in [6.45, 7) is 8.33. The van der Waals surface area contributed by atoms with Crippen molar-refractivity contribution in [3.05, 3.63) is 30.3 Å². The van der Waals surface area contributed by atoms with Crippen molar-refractivity contribution in [3.63, 3.8) is 0 Å². The number of guanidine groups is 1. The van der Waals surface area contributed by atoms with E-state index in [4.69, 9.17) is 6.42 Å². The highest BCUT2D eigenvalue weighted by atomic mass is 15.2. The van der Waals surface area contributed by atoms with Gasteiger partial charge in [-0.25, -0.2) is 0 Å². The molecule has 0 fully saturated rings. The van der Waals surface area contributed by atoms with E-state index in [0.717, 1.165) is 38.6 Å². The molecule has 1 aromatic rings. The third-order valence-corrected chi connectivity index (χ3v) is 3.06. The topological polar surface area (TPSA) is 39.7 Å². The molecule has 1 aromatic carbocycles. The number of benzene rings is 1. The summed E-state index contributed by atoms with van der Waals surface area (Å²) in [5.41, 5.74) is 1.27. The molecule has 21 heavy (non-hydrogen) atoms. The number of terminal acetylenes is 1. The van der Waals surface area contributed by atoms with Crippen LogP contribution in [0.15, 0.2) is 35.3 Å². The van der Waals surface area contributed by atoms with Crippen LogP contribution in [0.4, 0.5) is 5.69 Å². The van der Waals surface area contributed by atoms with Gasteiger partial charge in [0.15, 0.2) is 5.96 Å². The summed E-state index contributed by atoms with van der Waals surface area (Å²) >= 11 is 0. The summed E-state index contributed by atoms with van der Waals surface area (Å²) in [5.74, 6) is 3.35. The number of aliphatic imine (C=N–C) groups is 1. The Kier molecular flexibility index (Phi) is 8.54. The fourth-order valence-corrected chi connectivity index (χ4v) is 2.04. The van der Waals surface area contributed by atoms with Crippen molar-refractivity contribution in [1.82, 2.24) is 10.6 Å². The van der Waals surface area contributed by atoms with Gasteiger partial charge in [-0.1, -0.05) is 24.1 Å². The zero-order chi connectivity index (χ0) is 15.3. The van der Waals surface area contributed by atoms with E-state index in [-0.39, 0.29) is 0 Å².